The molecule has 1 aliphatic heterocycles. The lowest BCUT2D eigenvalue weighted by atomic mass is 9.96. The highest BCUT2D eigenvalue weighted by atomic mass is 16.5. The Bertz CT molecular complexity index is 347. The molecule has 1 heterocycles. The standard InChI is InChI=1S/C14H26N2O4.C2H6/c1-9(2)12(15-14(18)20-5)13(17)16-7-6-11(19-4)8-10(16)3;1-2/h9-12H,6-8H2,1-5H3,(H,15,18);1-2H3/t10-,11?,12?;/m1./s1. The lowest BCUT2D eigenvalue weighted by Crippen LogP contribution is -2.56. The van der Waals surface area contributed by atoms with Gasteiger partial charge in [0.25, 0.3) is 0 Å². The molecule has 6 heteroatoms. The minimum Gasteiger partial charge on any atom is -0.453 e. The number of nitrogens with zero attached hydrogens (tertiary/aromatic N) is 1. The molecule has 6 nitrogen and oxygen atoms in total. The highest BCUT2D eigenvalue weighted by Crippen LogP contribution is 2.21. The molecule has 2 unspecified atom stereocenters. The summed E-state index contributed by atoms with van der Waals surface area (Å²) in [5.41, 5.74) is 0. The van der Waals surface area contributed by atoms with E-state index in [4.69, 9.17) is 4.74 Å². The molecule has 0 aromatic rings. The molecule has 1 aliphatic rings. The predicted octanol–water partition coefficient (Wildman–Crippen LogP) is 2.42. The fourth-order valence-electron chi connectivity index (χ4n) is 2.55. The maximum Gasteiger partial charge on any atom is 0.407 e. The molecule has 2 amide bonds. The van der Waals surface area contributed by atoms with Crippen LogP contribution in [0.5, 0.6) is 0 Å². The van der Waals surface area contributed by atoms with Crippen LogP contribution >= 0.6 is 0 Å². The van der Waals surface area contributed by atoms with Crippen LogP contribution in [-0.4, -0.2) is 55.9 Å². The highest BCUT2D eigenvalue weighted by Gasteiger charge is 2.34. The van der Waals surface area contributed by atoms with E-state index in [9.17, 15) is 9.59 Å². The Morgan fingerprint density at radius 2 is 1.82 bits per heavy atom. The summed E-state index contributed by atoms with van der Waals surface area (Å²) in [6, 6.07) is -0.439. The van der Waals surface area contributed by atoms with Crippen LogP contribution in [0.2, 0.25) is 0 Å². The van der Waals surface area contributed by atoms with Crippen molar-refractivity contribution in [3.8, 4) is 0 Å². The van der Waals surface area contributed by atoms with Gasteiger partial charge in [-0.2, -0.15) is 0 Å². The molecule has 130 valence electrons. The van der Waals surface area contributed by atoms with E-state index in [1.54, 1.807) is 7.11 Å². The quantitative estimate of drug-likeness (QED) is 0.865. The van der Waals surface area contributed by atoms with Crippen LogP contribution in [0.25, 0.3) is 0 Å². The molecule has 1 rings (SSSR count). The molecule has 1 saturated heterocycles. The van der Waals surface area contributed by atoms with Gasteiger partial charge >= 0.3 is 6.09 Å². The first-order chi connectivity index (χ1) is 10.4. The van der Waals surface area contributed by atoms with Crippen LogP contribution in [0.4, 0.5) is 4.79 Å². The van der Waals surface area contributed by atoms with Gasteiger partial charge in [0.2, 0.25) is 5.91 Å². The second kappa shape index (κ2) is 10.4. The first-order valence-electron chi connectivity index (χ1n) is 8.08. The van der Waals surface area contributed by atoms with Gasteiger partial charge in [-0.15, -0.1) is 0 Å². The van der Waals surface area contributed by atoms with Crippen LogP contribution in [0.1, 0.15) is 47.5 Å². The first-order valence-corrected chi connectivity index (χ1v) is 8.08. The first kappa shape index (κ1) is 20.7. The van der Waals surface area contributed by atoms with Crippen LogP contribution < -0.4 is 5.32 Å². The Balaban J connectivity index is 0.00000211. The van der Waals surface area contributed by atoms with Crippen molar-refractivity contribution in [1.82, 2.24) is 10.2 Å². The largest absolute Gasteiger partial charge is 0.453 e. The number of amides is 2. The van der Waals surface area contributed by atoms with Crippen molar-refractivity contribution in [3.63, 3.8) is 0 Å². The molecule has 22 heavy (non-hydrogen) atoms. The second-order valence-corrected chi connectivity index (χ2v) is 5.62. The summed E-state index contributed by atoms with van der Waals surface area (Å²) in [6.45, 7) is 10.5. The zero-order valence-corrected chi connectivity index (χ0v) is 15.0. The van der Waals surface area contributed by atoms with E-state index in [2.05, 4.69) is 10.1 Å². The van der Waals surface area contributed by atoms with Gasteiger partial charge in [-0.3, -0.25) is 4.79 Å². The third-order valence-corrected chi connectivity index (χ3v) is 3.84. The number of rotatable bonds is 4. The molecule has 0 radical (unpaired) electrons. The number of carbonyl (C=O) groups is 2. The average molecular weight is 316 g/mol. The maximum atomic E-state index is 12.6. The number of alkyl carbamates (subject to hydrolysis) is 1. The van der Waals surface area contributed by atoms with Crippen molar-refractivity contribution in [3.05, 3.63) is 0 Å². The van der Waals surface area contributed by atoms with Crippen molar-refractivity contribution >= 4 is 12.0 Å². The molecule has 0 aromatic carbocycles. The summed E-state index contributed by atoms with van der Waals surface area (Å²) in [5, 5.41) is 2.63. The zero-order valence-electron chi connectivity index (χ0n) is 15.0. The van der Waals surface area contributed by atoms with E-state index < -0.39 is 12.1 Å². The third-order valence-electron chi connectivity index (χ3n) is 3.84. The van der Waals surface area contributed by atoms with Gasteiger partial charge in [-0.25, -0.2) is 4.79 Å². The van der Waals surface area contributed by atoms with Gasteiger partial charge in [0.05, 0.1) is 13.2 Å². The molecule has 0 aliphatic carbocycles. The molecule has 0 saturated carbocycles. The average Bonchev–Trinajstić information content (AvgIpc) is 2.53. The molecule has 0 spiro atoms. The lowest BCUT2D eigenvalue weighted by molar-refractivity contribution is -0.139. The normalized spacial score (nSPS) is 22.5. The Morgan fingerprint density at radius 1 is 1.23 bits per heavy atom. The summed E-state index contributed by atoms with van der Waals surface area (Å²) in [4.78, 5) is 25.8. The molecule has 1 fully saturated rings. The Hall–Kier alpha value is -1.30. The summed E-state index contributed by atoms with van der Waals surface area (Å²) >= 11 is 0. The minimum atomic E-state index is -0.573. The Kier molecular flexibility index (Phi) is 9.81. The Labute approximate surface area is 134 Å². The van der Waals surface area contributed by atoms with Gasteiger partial charge in [0.1, 0.15) is 6.04 Å². The minimum absolute atomic E-state index is 0.00829. The van der Waals surface area contributed by atoms with Gasteiger partial charge in [-0.1, -0.05) is 27.7 Å². The summed E-state index contributed by atoms with van der Waals surface area (Å²) < 4.78 is 9.94. The number of piperidine rings is 1. The van der Waals surface area contributed by atoms with E-state index in [1.165, 1.54) is 7.11 Å². The summed E-state index contributed by atoms with van der Waals surface area (Å²) in [5.74, 6) is -0.0404. The molecule has 1 N–H and O–H groups in total. The summed E-state index contributed by atoms with van der Waals surface area (Å²) in [6.07, 6.45) is 1.29. The van der Waals surface area contributed by atoms with Crippen LogP contribution in [0.15, 0.2) is 0 Å². The van der Waals surface area contributed by atoms with E-state index in [-0.39, 0.29) is 24.0 Å². The number of ether oxygens (including phenoxy) is 2. The topological polar surface area (TPSA) is 67.9 Å². The van der Waals surface area contributed by atoms with Gasteiger partial charge < -0.3 is 19.7 Å². The lowest BCUT2D eigenvalue weighted by Gasteiger charge is -2.39. The molecular weight excluding hydrogens is 284 g/mol. The monoisotopic (exact) mass is 316 g/mol. The zero-order chi connectivity index (χ0) is 17.3. The van der Waals surface area contributed by atoms with Crippen LogP contribution in [-0.2, 0) is 14.3 Å². The van der Waals surface area contributed by atoms with E-state index in [0.29, 0.717) is 6.54 Å². The number of hydrogen-bond acceptors (Lipinski definition) is 4. The van der Waals surface area contributed by atoms with Crippen molar-refractivity contribution in [1.29, 1.82) is 0 Å². The maximum absolute atomic E-state index is 12.6. The second-order valence-electron chi connectivity index (χ2n) is 5.62. The number of carbonyl (C=O) groups excluding carboxylic acids is 2. The highest BCUT2D eigenvalue weighted by molar-refractivity contribution is 5.86. The number of nitrogens with one attached hydrogen (secondary N) is 1. The molecule has 0 bridgehead atoms. The fraction of sp³-hybridized carbons (Fsp3) is 0.875. The van der Waals surface area contributed by atoms with Gasteiger partial charge in [-0.05, 0) is 25.7 Å². The molecule has 3 atom stereocenters. The molecular formula is C16H32N2O4. The van der Waals surface area contributed by atoms with Gasteiger partial charge in [0.15, 0.2) is 0 Å². The van der Waals surface area contributed by atoms with Crippen molar-refractivity contribution < 1.29 is 19.1 Å². The van der Waals surface area contributed by atoms with E-state index in [1.807, 2.05) is 39.5 Å². The number of methoxy groups -OCH3 is 2. The van der Waals surface area contributed by atoms with E-state index in [0.717, 1.165) is 12.8 Å². The van der Waals surface area contributed by atoms with Crippen LogP contribution in [0.3, 0.4) is 0 Å². The fourth-order valence-corrected chi connectivity index (χ4v) is 2.55. The van der Waals surface area contributed by atoms with E-state index >= 15 is 0 Å². The predicted molar refractivity (Wildman–Crippen MR) is 86.7 cm³/mol. The van der Waals surface area contributed by atoms with Crippen molar-refractivity contribution in [2.75, 3.05) is 20.8 Å². The molecule has 0 aromatic heterocycles. The Morgan fingerprint density at radius 3 is 2.23 bits per heavy atom. The van der Waals surface area contributed by atoms with Crippen molar-refractivity contribution in [2.45, 2.75) is 65.6 Å². The third kappa shape index (κ3) is 5.83. The van der Waals surface area contributed by atoms with Crippen molar-refractivity contribution in [2.24, 2.45) is 5.92 Å². The SMILES string of the molecule is CC.COC(=O)NC(C(=O)N1CCC(OC)C[C@H]1C)C(C)C. The summed E-state index contributed by atoms with van der Waals surface area (Å²) in [7, 11) is 2.99. The van der Waals surface area contributed by atoms with Crippen LogP contribution in [0, 0.1) is 5.92 Å². The van der Waals surface area contributed by atoms with Gasteiger partial charge in [0, 0.05) is 19.7 Å². The smallest absolute Gasteiger partial charge is 0.407 e. The number of likely N-dealkylation sites (tertiary alicyclic amines) is 1. The number of hydrogen-bond donors (Lipinski definition) is 1.